The molecule has 0 radical (unpaired) electrons. The lowest BCUT2D eigenvalue weighted by molar-refractivity contribution is 0.0939. The Morgan fingerprint density at radius 2 is 2.55 bits per heavy atom. The Morgan fingerprint density at radius 3 is 3.25 bits per heavy atom. The maximum atomic E-state index is 12.4. The number of thiophene rings is 1. The second kappa shape index (κ2) is 5.76. The Bertz CT molecular complexity index is 573. The highest BCUT2D eigenvalue weighted by atomic mass is 32.1. The number of rotatable bonds is 4. The zero-order valence-electron chi connectivity index (χ0n) is 11.3. The number of nitrogens with one attached hydrogen (secondary N) is 2. The molecule has 2 aromatic heterocycles. The minimum Gasteiger partial charge on any atom is -0.381 e. The average molecular weight is 291 g/mol. The van der Waals surface area contributed by atoms with Crippen molar-refractivity contribution < 1.29 is 9.53 Å². The number of H-pyrrole nitrogens is 1. The number of hydrogen-bond acceptors (Lipinski definition) is 4. The molecule has 1 fully saturated rings. The van der Waals surface area contributed by atoms with Crippen LogP contribution < -0.4 is 5.32 Å². The number of carbonyl (C=O) groups is 1. The molecule has 0 unspecified atom stereocenters. The Labute approximate surface area is 121 Å². The molecule has 1 amide bonds. The largest absolute Gasteiger partial charge is 0.381 e. The molecule has 0 aliphatic carbocycles. The number of hydrogen-bond donors (Lipinski definition) is 2. The Hall–Kier alpha value is -1.66. The Morgan fingerprint density at radius 1 is 1.65 bits per heavy atom. The van der Waals surface area contributed by atoms with Gasteiger partial charge in [-0.25, -0.2) is 0 Å². The van der Waals surface area contributed by atoms with E-state index in [1.807, 2.05) is 24.4 Å². The van der Waals surface area contributed by atoms with E-state index in [9.17, 15) is 4.79 Å². The molecule has 0 spiro atoms. The van der Waals surface area contributed by atoms with E-state index in [2.05, 4.69) is 15.5 Å². The van der Waals surface area contributed by atoms with Gasteiger partial charge >= 0.3 is 0 Å². The molecule has 1 aliphatic rings. The lowest BCUT2D eigenvalue weighted by Crippen LogP contribution is -2.27. The number of amides is 1. The minimum atomic E-state index is -0.0819. The fraction of sp³-hybridized carbons (Fsp3) is 0.429. The van der Waals surface area contributed by atoms with Crippen molar-refractivity contribution in [3.63, 3.8) is 0 Å². The van der Waals surface area contributed by atoms with Crippen molar-refractivity contribution in [3.8, 4) is 0 Å². The summed E-state index contributed by atoms with van der Waals surface area (Å²) in [6.07, 6.45) is 2.53. The molecule has 3 rings (SSSR count). The first-order valence-corrected chi connectivity index (χ1v) is 7.59. The van der Waals surface area contributed by atoms with Crippen LogP contribution in [0.5, 0.6) is 0 Å². The predicted octanol–water partition coefficient (Wildman–Crippen LogP) is 2.47. The van der Waals surface area contributed by atoms with Crippen LogP contribution in [0.4, 0.5) is 0 Å². The molecular weight excluding hydrogens is 274 g/mol. The second-order valence-electron chi connectivity index (χ2n) is 4.97. The van der Waals surface area contributed by atoms with E-state index in [4.69, 9.17) is 4.74 Å². The van der Waals surface area contributed by atoms with Gasteiger partial charge in [-0.15, -0.1) is 11.3 Å². The van der Waals surface area contributed by atoms with Gasteiger partial charge in [0.25, 0.3) is 5.91 Å². The van der Waals surface area contributed by atoms with E-state index in [-0.39, 0.29) is 17.9 Å². The van der Waals surface area contributed by atoms with E-state index in [1.165, 1.54) is 0 Å². The second-order valence-corrected chi connectivity index (χ2v) is 5.95. The highest BCUT2D eigenvalue weighted by Crippen LogP contribution is 2.26. The first kappa shape index (κ1) is 13.3. The zero-order chi connectivity index (χ0) is 13.9. The highest BCUT2D eigenvalue weighted by molar-refractivity contribution is 7.10. The smallest absolute Gasteiger partial charge is 0.255 e. The first-order valence-electron chi connectivity index (χ1n) is 6.71. The zero-order valence-corrected chi connectivity index (χ0v) is 12.1. The summed E-state index contributed by atoms with van der Waals surface area (Å²) in [5.74, 6) is 0.164. The number of nitrogens with zero attached hydrogens (tertiary/aromatic N) is 1. The van der Waals surface area contributed by atoms with E-state index >= 15 is 0 Å². The molecule has 1 aliphatic heterocycles. The van der Waals surface area contributed by atoms with Crippen molar-refractivity contribution in [1.82, 2.24) is 15.5 Å². The molecule has 1 saturated heterocycles. The molecule has 0 saturated carbocycles. The number of aromatic amines is 1. The fourth-order valence-corrected chi connectivity index (χ4v) is 3.17. The fourth-order valence-electron chi connectivity index (χ4n) is 2.43. The van der Waals surface area contributed by atoms with E-state index in [1.54, 1.807) is 17.5 Å². The van der Waals surface area contributed by atoms with Crippen LogP contribution in [-0.2, 0) is 4.74 Å². The summed E-state index contributed by atoms with van der Waals surface area (Å²) in [5.41, 5.74) is 1.52. The van der Waals surface area contributed by atoms with Gasteiger partial charge in [0, 0.05) is 17.4 Å². The van der Waals surface area contributed by atoms with Gasteiger partial charge in [-0.05, 0) is 24.8 Å². The third-order valence-corrected chi connectivity index (χ3v) is 4.62. The van der Waals surface area contributed by atoms with Crippen LogP contribution in [0.15, 0.2) is 23.7 Å². The van der Waals surface area contributed by atoms with Crippen molar-refractivity contribution >= 4 is 17.2 Å². The molecule has 5 nitrogen and oxygen atoms in total. The standard InChI is InChI=1S/C14H17N3O2S/c1-9(12-3-2-6-20-12)16-14(18)11-7-15-17-13(11)10-4-5-19-8-10/h2-3,6-7,9-10H,4-5,8H2,1H3,(H,15,17)(H,16,18)/t9-,10-/m0/s1. The molecule has 106 valence electrons. The highest BCUT2D eigenvalue weighted by Gasteiger charge is 2.25. The van der Waals surface area contributed by atoms with Crippen LogP contribution in [0.3, 0.4) is 0 Å². The van der Waals surface area contributed by atoms with Crippen molar-refractivity contribution in [1.29, 1.82) is 0 Å². The van der Waals surface area contributed by atoms with Gasteiger partial charge in [-0.3, -0.25) is 9.89 Å². The lowest BCUT2D eigenvalue weighted by atomic mass is 10.0. The van der Waals surface area contributed by atoms with Crippen molar-refractivity contribution in [2.24, 2.45) is 0 Å². The van der Waals surface area contributed by atoms with E-state index < -0.39 is 0 Å². The van der Waals surface area contributed by atoms with Crippen LogP contribution in [0, 0.1) is 0 Å². The topological polar surface area (TPSA) is 67.0 Å². The number of carbonyl (C=O) groups excluding carboxylic acids is 1. The van der Waals surface area contributed by atoms with Gasteiger partial charge in [0.2, 0.25) is 0 Å². The molecular formula is C14H17N3O2S. The maximum Gasteiger partial charge on any atom is 0.255 e. The summed E-state index contributed by atoms with van der Waals surface area (Å²) in [4.78, 5) is 13.5. The summed E-state index contributed by atoms with van der Waals surface area (Å²) >= 11 is 1.64. The Balaban J connectivity index is 1.72. The monoisotopic (exact) mass is 291 g/mol. The molecule has 3 heterocycles. The van der Waals surface area contributed by atoms with Crippen LogP contribution in [-0.4, -0.2) is 29.3 Å². The number of ether oxygens (including phenoxy) is 1. The summed E-state index contributed by atoms with van der Waals surface area (Å²) < 4.78 is 5.38. The summed E-state index contributed by atoms with van der Waals surface area (Å²) in [6, 6.07) is 4.02. The van der Waals surface area contributed by atoms with Crippen LogP contribution >= 0.6 is 11.3 Å². The summed E-state index contributed by atoms with van der Waals surface area (Å²) in [7, 11) is 0. The first-order chi connectivity index (χ1) is 9.75. The molecule has 20 heavy (non-hydrogen) atoms. The average Bonchev–Trinajstić information content (AvgIpc) is 3.19. The van der Waals surface area contributed by atoms with Crippen molar-refractivity contribution in [3.05, 3.63) is 39.8 Å². The third-order valence-electron chi connectivity index (χ3n) is 3.57. The van der Waals surface area contributed by atoms with Gasteiger partial charge in [0.15, 0.2) is 0 Å². The molecule has 2 N–H and O–H groups in total. The SMILES string of the molecule is C[C@H](NC(=O)c1cn[nH]c1[C@H]1CCOC1)c1cccs1. The van der Waals surface area contributed by atoms with E-state index in [0.717, 1.165) is 23.6 Å². The summed E-state index contributed by atoms with van der Waals surface area (Å²) in [6.45, 7) is 3.39. The van der Waals surface area contributed by atoms with Gasteiger partial charge in [-0.1, -0.05) is 6.07 Å². The quantitative estimate of drug-likeness (QED) is 0.909. The minimum absolute atomic E-state index is 0.00470. The van der Waals surface area contributed by atoms with Gasteiger partial charge in [0.05, 0.1) is 30.1 Å². The van der Waals surface area contributed by atoms with Gasteiger partial charge in [-0.2, -0.15) is 5.10 Å². The van der Waals surface area contributed by atoms with Crippen molar-refractivity contribution in [2.45, 2.75) is 25.3 Å². The van der Waals surface area contributed by atoms with Gasteiger partial charge < -0.3 is 10.1 Å². The van der Waals surface area contributed by atoms with Crippen molar-refractivity contribution in [2.75, 3.05) is 13.2 Å². The predicted molar refractivity (Wildman–Crippen MR) is 77.0 cm³/mol. The third kappa shape index (κ3) is 2.62. The van der Waals surface area contributed by atoms with Crippen LogP contribution in [0.25, 0.3) is 0 Å². The molecule has 6 heteroatoms. The Kier molecular flexibility index (Phi) is 3.84. The molecule has 0 bridgehead atoms. The summed E-state index contributed by atoms with van der Waals surface area (Å²) in [5, 5.41) is 12.0. The van der Waals surface area contributed by atoms with Gasteiger partial charge in [0.1, 0.15) is 0 Å². The number of aromatic nitrogens is 2. The van der Waals surface area contributed by atoms with E-state index in [0.29, 0.717) is 12.2 Å². The molecule has 2 atom stereocenters. The van der Waals surface area contributed by atoms with Crippen LogP contribution in [0.2, 0.25) is 0 Å². The lowest BCUT2D eigenvalue weighted by Gasteiger charge is -2.13. The normalized spacial score (nSPS) is 19.9. The maximum absolute atomic E-state index is 12.4. The van der Waals surface area contributed by atoms with Crippen LogP contribution in [0.1, 0.15) is 46.2 Å². The molecule has 0 aromatic carbocycles. The molecule has 2 aromatic rings.